The van der Waals surface area contributed by atoms with Crippen molar-refractivity contribution in [3.05, 3.63) is 41.0 Å². The summed E-state index contributed by atoms with van der Waals surface area (Å²) < 4.78 is 0. The van der Waals surface area contributed by atoms with Gasteiger partial charge in [-0.15, -0.1) is 0 Å². The zero-order valence-electron chi connectivity index (χ0n) is 12.3. The number of rotatable bonds is 4. The highest BCUT2D eigenvalue weighted by atomic mass is 35.5. The lowest BCUT2D eigenvalue weighted by Crippen LogP contribution is -2.35. The Morgan fingerprint density at radius 2 is 2.14 bits per heavy atom. The molecule has 3 rings (SSSR count). The van der Waals surface area contributed by atoms with Gasteiger partial charge < -0.3 is 10.4 Å². The molecule has 2 N–H and O–H groups in total. The van der Waals surface area contributed by atoms with Gasteiger partial charge in [0.2, 0.25) is 0 Å². The normalized spacial score (nSPS) is 16.8. The Bertz CT molecular complexity index is 683. The first kappa shape index (κ1) is 15.3. The van der Waals surface area contributed by atoms with Crippen LogP contribution in [0.2, 0.25) is 5.02 Å². The molecule has 0 aliphatic heterocycles. The number of hydrogen-bond donors (Lipinski definition) is 2. The summed E-state index contributed by atoms with van der Waals surface area (Å²) in [4.78, 5) is 16.6. The molecule has 0 radical (unpaired) electrons. The zero-order chi connectivity index (χ0) is 15.5. The number of nitrogens with zero attached hydrogens (tertiary/aromatic N) is 1. The van der Waals surface area contributed by atoms with Crippen LogP contribution < -0.4 is 5.32 Å². The van der Waals surface area contributed by atoms with E-state index in [1.165, 1.54) is 12.8 Å². The molecule has 116 valence electrons. The summed E-state index contributed by atoms with van der Waals surface area (Å²) in [7, 11) is 0. The second-order valence-corrected chi connectivity index (χ2v) is 6.22. The van der Waals surface area contributed by atoms with Crippen LogP contribution >= 0.6 is 11.6 Å². The highest BCUT2D eigenvalue weighted by Gasteiger charge is 2.23. The molecule has 1 aliphatic carbocycles. The Labute approximate surface area is 134 Å². The van der Waals surface area contributed by atoms with Gasteiger partial charge in [0.25, 0.3) is 5.91 Å². The molecule has 22 heavy (non-hydrogen) atoms. The molecule has 1 fully saturated rings. The van der Waals surface area contributed by atoms with Gasteiger partial charge in [0.15, 0.2) is 0 Å². The van der Waals surface area contributed by atoms with E-state index in [-0.39, 0.29) is 12.5 Å². The molecule has 1 aliphatic rings. The molecule has 0 bridgehead atoms. The number of halogens is 1. The zero-order valence-corrected chi connectivity index (χ0v) is 13.0. The predicted octanol–water partition coefficient (Wildman–Crippen LogP) is 3.17. The standard InChI is InChI=1S/C17H19ClN2O2/c18-14-8-7-13(16-12(14)6-3-9-19-16)17(22)20-10-15(21)11-4-1-2-5-11/h3,6-9,11,15,21H,1-2,4-5,10H2,(H,20,22). The quantitative estimate of drug-likeness (QED) is 0.910. The number of nitrogens with one attached hydrogen (secondary N) is 1. The summed E-state index contributed by atoms with van der Waals surface area (Å²) in [5.74, 6) is 0.0813. The van der Waals surface area contributed by atoms with Crippen LogP contribution in [-0.4, -0.2) is 28.6 Å². The number of pyridine rings is 1. The molecule has 1 aromatic carbocycles. The van der Waals surface area contributed by atoms with Crippen molar-refractivity contribution in [3.63, 3.8) is 0 Å². The van der Waals surface area contributed by atoms with E-state index in [4.69, 9.17) is 11.6 Å². The van der Waals surface area contributed by atoms with Crippen molar-refractivity contribution < 1.29 is 9.90 Å². The van der Waals surface area contributed by atoms with Crippen LogP contribution in [0.1, 0.15) is 36.0 Å². The molecule has 2 aromatic rings. The minimum Gasteiger partial charge on any atom is -0.391 e. The van der Waals surface area contributed by atoms with Crippen LogP contribution in [0.4, 0.5) is 0 Å². The Hall–Kier alpha value is -1.65. The maximum Gasteiger partial charge on any atom is 0.253 e. The van der Waals surface area contributed by atoms with Gasteiger partial charge in [0, 0.05) is 18.1 Å². The third kappa shape index (κ3) is 3.08. The van der Waals surface area contributed by atoms with Crippen LogP contribution in [0.15, 0.2) is 30.5 Å². The monoisotopic (exact) mass is 318 g/mol. The minimum absolute atomic E-state index is 0.225. The molecule has 1 heterocycles. The van der Waals surface area contributed by atoms with E-state index < -0.39 is 6.10 Å². The summed E-state index contributed by atoms with van der Waals surface area (Å²) in [5, 5.41) is 14.3. The van der Waals surface area contributed by atoms with E-state index in [9.17, 15) is 9.90 Å². The second-order valence-electron chi connectivity index (χ2n) is 5.82. The molecule has 1 saturated carbocycles. The van der Waals surface area contributed by atoms with Gasteiger partial charge in [0.1, 0.15) is 0 Å². The lowest BCUT2D eigenvalue weighted by Gasteiger charge is -2.18. The van der Waals surface area contributed by atoms with E-state index in [1.54, 1.807) is 24.4 Å². The average Bonchev–Trinajstić information content (AvgIpc) is 3.07. The van der Waals surface area contributed by atoms with Crippen molar-refractivity contribution in [2.75, 3.05) is 6.54 Å². The molecular weight excluding hydrogens is 300 g/mol. The van der Waals surface area contributed by atoms with E-state index >= 15 is 0 Å². The van der Waals surface area contributed by atoms with Crippen LogP contribution in [0.3, 0.4) is 0 Å². The maximum atomic E-state index is 12.4. The van der Waals surface area contributed by atoms with E-state index in [2.05, 4.69) is 10.3 Å². The van der Waals surface area contributed by atoms with Crippen LogP contribution in [0.5, 0.6) is 0 Å². The number of aliphatic hydroxyl groups is 1. The lowest BCUT2D eigenvalue weighted by molar-refractivity contribution is 0.0842. The molecule has 1 aromatic heterocycles. The third-order valence-corrected chi connectivity index (χ3v) is 4.71. The van der Waals surface area contributed by atoms with Gasteiger partial charge in [-0.1, -0.05) is 24.4 Å². The lowest BCUT2D eigenvalue weighted by atomic mass is 10.0. The van der Waals surface area contributed by atoms with E-state index in [0.29, 0.717) is 22.0 Å². The van der Waals surface area contributed by atoms with E-state index in [0.717, 1.165) is 18.2 Å². The van der Waals surface area contributed by atoms with Crippen molar-refractivity contribution in [1.82, 2.24) is 10.3 Å². The number of carbonyl (C=O) groups is 1. The smallest absolute Gasteiger partial charge is 0.253 e. The number of hydrogen-bond acceptors (Lipinski definition) is 3. The first-order chi connectivity index (χ1) is 10.7. The number of benzene rings is 1. The van der Waals surface area contributed by atoms with Crippen molar-refractivity contribution in [1.29, 1.82) is 0 Å². The molecule has 5 heteroatoms. The molecule has 1 amide bonds. The largest absolute Gasteiger partial charge is 0.391 e. The highest BCUT2D eigenvalue weighted by molar-refractivity contribution is 6.36. The SMILES string of the molecule is O=C(NCC(O)C1CCCC1)c1ccc(Cl)c2cccnc12. The molecule has 1 atom stereocenters. The van der Waals surface area contributed by atoms with Gasteiger partial charge in [-0.25, -0.2) is 0 Å². The third-order valence-electron chi connectivity index (χ3n) is 4.38. The molecule has 1 unspecified atom stereocenters. The number of fused-ring (bicyclic) bond motifs is 1. The number of carbonyl (C=O) groups excluding carboxylic acids is 1. The number of aliphatic hydroxyl groups excluding tert-OH is 1. The molecule has 0 saturated heterocycles. The second kappa shape index (κ2) is 6.63. The van der Waals surface area contributed by atoms with Crippen LogP contribution in [0, 0.1) is 5.92 Å². The predicted molar refractivity (Wildman–Crippen MR) is 87.1 cm³/mol. The van der Waals surface area contributed by atoms with Crippen molar-refractivity contribution in [2.24, 2.45) is 5.92 Å². The average molecular weight is 319 g/mol. The Kier molecular flexibility index (Phi) is 4.60. The molecular formula is C17H19ClN2O2. The highest BCUT2D eigenvalue weighted by Crippen LogP contribution is 2.28. The minimum atomic E-state index is -0.474. The summed E-state index contributed by atoms with van der Waals surface area (Å²) in [5.41, 5.74) is 1.07. The van der Waals surface area contributed by atoms with Gasteiger partial charge in [-0.3, -0.25) is 9.78 Å². The maximum absolute atomic E-state index is 12.4. The fourth-order valence-electron chi connectivity index (χ4n) is 3.12. The van der Waals surface area contributed by atoms with Crippen LogP contribution in [0.25, 0.3) is 10.9 Å². The summed E-state index contributed by atoms with van der Waals surface area (Å²) in [6, 6.07) is 7.01. The topological polar surface area (TPSA) is 62.2 Å². The van der Waals surface area contributed by atoms with Gasteiger partial charge in [-0.05, 0) is 43.0 Å². The number of amides is 1. The Balaban J connectivity index is 1.74. The van der Waals surface area contributed by atoms with Gasteiger partial charge in [0.05, 0.1) is 22.2 Å². The van der Waals surface area contributed by atoms with Gasteiger partial charge in [-0.2, -0.15) is 0 Å². The molecule has 0 spiro atoms. The first-order valence-corrected chi connectivity index (χ1v) is 8.04. The fraction of sp³-hybridized carbons (Fsp3) is 0.412. The number of aromatic nitrogens is 1. The van der Waals surface area contributed by atoms with Crippen molar-refractivity contribution in [3.8, 4) is 0 Å². The molecule has 4 nitrogen and oxygen atoms in total. The first-order valence-electron chi connectivity index (χ1n) is 7.66. The van der Waals surface area contributed by atoms with Crippen molar-refractivity contribution in [2.45, 2.75) is 31.8 Å². The van der Waals surface area contributed by atoms with Crippen LogP contribution in [-0.2, 0) is 0 Å². The summed E-state index contributed by atoms with van der Waals surface area (Å²) >= 11 is 6.14. The Morgan fingerprint density at radius 3 is 2.91 bits per heavy atom. The summed E-state index contributed by atoms with van der Waals surface area (Å²) in [6.07, 6.45) is 5.59. The van der Waals surface area contributed by atoms with Crippen molar-refractivity contribution >= 4 is 28.4 Å². The van der Waals surface area contributed by atoms with Gasteiger partial charge >= 0.3 is 0 Å². The Morgan fingerprint density at radius 1 is 1.36 bits per heavy atom. The summed E-state index contributed by atoms with van der Waals surface area (Å²) in [6.45, 7) is 0.278. The van der Waals surface area contributed by atoms with E-state index in [1.807, 2.05) is 6.07 Å². The fourth-order valence-corrected chi connectivity index (χ4v) is 3.34.